The Bertz CT molecular complexity index is 1210. The molecule has 0 aromatic heterocycles. The third-order valence-corrected chi connectivity index (χ3v) is 13.5. The van der Waals surface area contributed by atoms with Crippen LogP contribution in [0.25, 0.3) is 0 Å². The van der Waals surface area contributed by atoms with Gasteiger partial charge >= 0.3 is 0 Å². The van der Waals surface area contributed by atoms with Gasteiger partial charge in [0, 0.05) is 22.9 Å². The Labute approximate surface area is 253 Å². The molecule has 2 N–H and O–H groups in total. The molecule has 4 heteroatoms. The smallest absolute Gasteiger partial charge is 0.115 e. The largest absolute Gasteiger partial charge is 0.508 e. The minimum absolute atomic E-state index is 0.329. The van der Waals surface area contributed by atoms with Crippen LogP contribution in [-0.4, -0.2) is 58.3 Å². The van der Waals surface area contributed by atoms with Gasteiger partial charge in [0.2, 0.25) is 0 Å². The molecule has 8 rings (SSSR count). The number of rotatable bonds is 7. The molecule has 6 aliphatic rings. The van der Waals surface area contributed by atoms with Gasteiger partial charge in [0.15, 0.2) is 0 Å². The van der Waals surface area contributed by atoms with E-state index >= 15 is 0 Å². The summed E-state index contributed by atoms with van der Waals surface area (Å²) >= 11 is 0. The fourth-order valence-corrected chi connectivity index (χ4v) is 11.7. The minimum atomic E-state index is 0.329. The second kappa shape index (κ2) is 10.8. The zero-order valence-corrected chi connectivity index (χ0v) is 25.7. The molecular formula is C38H52N2O2. The standard InChI is InChI=1S/C38H52N2O2/c41-29-13-11-27-23-35-31-9-3-5-15-37(31,33(27)25-29)17-21-39(35)19-7-1-2-8-20-40-22-18-38-16-6-4-10-32(38)36(40)24-28-12-14-30(42)26-34(28)38/h11-14,25-26,31-32,35-36,41-42H,1-10,15-24H2/t31-,32-,35-,36-,37+,38+/m0/s1. The monoisotopic (exact) mass is 568 g/mol. The molecule has 6 atom stereocenters. The zero-order chi connectivity index (χ0) is 28.3. The summed E-state index contributed by atoms with van der Waals surface area (Å²) in [5.41, 5.74) is 6.71. The number of aromatic hydroxyl groups is 2. The average molecular weight is 569 g/mol. The topological polar surface area (TPSA) is 46.9 Å². The summed E-state index contributed by atoms with van der Waals surface area (Å²) < 4.78 is 0. The Morgan fingerprint density at radius 2 is 1.07 bits per heavy atom. The molecule has 2 aliphatic heterocycles. The van der Waals surface area contributed by atoms with E-state index in [4.69, 9.17) is 0 Å². The number of nitrogens with zero attached hydrogens (tertiary/aromatic N) is 2. The van der Waals surface area contributed by atoms with Crippen molar-refractivity contribution in [2.24, 2.45) is 11.8 Å². The van der Waals surface area contributed by atoms with Crippen LogP contribution in [0, 0.1) is 11.8 Å². The number of unbranched alkanes of at least 4 members (excludes halogenated alkanes) is 3. The number of benzene rings is 2. The predicted octanol–water partition coefficient (Wildman–Crippen LogP) is 7.48. The molecule has 4 aliphatic carbocycles. The maximum Gasteiger partial charge on any atom is 0.115 e. The lowest BCUT2D eigenvalue weighted by Crippen LogP contribution is -2.61. The molecule has 0 radical (unpaired) electrons. The van der Waals surface area contributed by atoms with Crippen LogP contribution in [0.5, 0.6) is 11.5 Å². The van der Waals surface area contributed by atoms with Crippen LogP contribution in [0.1, 0.15) is 112 Å². The van der Waals surface area contributed by atoms with Gasteiger partial charge in [-0.1, -0.05) is 50.7 Å². The molecule has 4 fully saturated rings. The Kier molecular flexibility index (Phi) is 7.10. The second-order valence-electron chi connectivity index (χ2n) is 15.2. The first-order valence-electron chi connectivity index (χ1n) is 17.7. The lowest BCUT2D eigenvalue weighted by atomic mass is 9.52. The summed E-state index contributed by atoms with van der Waals surface area (Å²) in [6, 6.07) is 14.0. The summed E-state index contributed by atoms with van der Waals surface area (Å²) in [5.74, 6) is 2.49. The summed E-state index contributed by atoms with van der Waals surface area (Å²) in [6.07, 6.45) is 21.2. The Morgan fingerprint density at radius 3 is 1.55 bits per heavy atom. The summed E-state index contributed by atoms with van der Waals surface area (Å²) in [6.45, 7) is 5.03. The van der Waals surface area contributed by atoms with Crippen molar-refractivity contribution in [1.82, 2.24) is 9.80 Å². The van der Waals surface area contributed by atoms with Gasteiger partial charge in [-0.3, -0.25) is 9.80 Å². The molecule has 4 bridgehead atoms. The van der Waals surface area contributed by atoms with E-state index < -0.39 is 0 Å². The first-order chi connectivity index (χ1) is 20.6. The van der Waals surface area contributed by atoms with E-state index in [0.717, 1.165) is 11.8 Å². The van der Waals surface area contributed by atoms with E-state index in [-0.39, 0.29) is 0 Å². The van der Waals surface area contributed by atoms with E-state index in [1.54, 1.807) is 0 Å². The molecule has 226 valence electrons. The average Bonchev–Trinajstić information content (AvgIpc) is 3.01. The summed E-state index contributed by atoms with van der Waals surface area (Å²) in [5, 5.41) is 20.6. The van der Waals surface area contributed by atoms with Gasteiger partial charge in [0.1, 0.15) is 11.5 Å². The SMILES string of the molecule is Oc1ccc2c(c1)[C@@]13CCCC[C@H]1[C@H](C2)N(CCCCCCN1CC[C@]24CCCC[C@H]2[C@@H]1Cc1ccc(O)cc14)CC3. The maximum absolute atomic E-state index is 10.3. The van der Waals surface area contributed by atoms with Crippen LogP contribution >= 0.6 is 0 Å². The number of phenols is 2. The molecule has 0 spiro atoms. The predicted molar refractivity (Wildman–Crippen MR) is 169 cm³/mol. The van der Waals surface area contributed by atoms with Crippen molar-refractivity contribution >= 4 is 0 Å². The van der Waals surface area contributed by atoms with Gasteiger partial charge in [-0.25, -0.2) is 0 Å². The van der Waals surface area contributed by atoms with Crippen molar-refractivity contribution in [2.75, 3.05) is 26.2 Å². The zero-order valence-electron chi connectivity index (χ0n) is 25.7. The van der Waals surface area contributed by atoms with Crippen molar-refractivity contribution in [3.05, 3.63) is 58.7 Å². The number of hydrogen-bond donors (Lipinski definition) is 2. The Balaban J connectivity index is 0.863. The third kappa shape index (κ3) is 4.37. The van der Waals surface area contributed by atoms with Crippen LogP contribution in [0.3, 0.4) is 0 Å². The van der Waals surface area contributed by atoms with Crippen LogP contribution in [0.2, 0.25) is 0 Å². The van der Waals surface area contributed by atoms with Crippen molar-refractivity contribution in [3.8, 4) is 11.5 Å². The summed E-state index contributed by atoms with van der Waals surface area (Å²) in [4.78, 5) is 5.77. The fraction of sp³-hybridized carbons (Fsp3) is 0.684. The molecule has 4 nitrogen and oxygen atoms in total. The van der Waals surface area contributed by atoms with E-state index in [0.29, 0.717) is 34.4 Å². The molecule has 2 heterocycles. The number of hydrogen-bond acceptors (Lipinski definition) is 4. The number of phenolic OH excluding ortho intramolecular Hbond substituents is 2. The highest BCUT2D eigenvalue weighted by molar-refractivity contribution is 5.46. The Hall–Kier alpha value is -2.04. The minimum Gasteiger partial charge on any atom is -0.508 e. The van der Waals surface area contributed by atoms with Gasteiger partial charge in [0.25, 0.3) is 0 Å². The molecule has 2 aromatic carbocycles. The molecule has 2 aromatic rings. The molecule has 0 amide bonds. The highest BCUT2D eigenvalue weighted by Gasteiger charge is 2.55. The van der Waals surface area contributed by atoms with Crippen molar-refractivity contribution in [2.45, 2.75) is 126 Å². The third-order valence-electron chi connectivity index (χ3n) is 13.5. The van der Waals surface area contributed by atoms with Crippen molar-refractivity contribution in [3.63, 3.8) is 0 Å². The van der Waals surface area contributed by atoms with Crippen LogP contribution in [0.15, 0.2) is 36.4 Å². The molecule has 42 heavy (non-hydrogen) atoms. The second-order valence-corrected chi connectivity index (χ2v) is 15.2. The van der Waals surface area contributed by atoms with Gasteiger partial charge in [-0.2, -0.15) is 0 Å². The van der Waals surface area contributed by atoms with Crippen molar-refractivity contribution in [1.29, 1.82) is 0 Å². The highest BCUT2D eigenvalue weighted by Crippen LogP contribution is 2.57. The van der Waals surface area contributed by atoms with E-state index in [9.17, 15) is 10.2 Å². The number of fused-ring (bicyclic) bond motifs is 2. The fourth-order valence-electron chi connectivity index (χ4n) is 11.7. The quantitative estimate of drug-likeness (QED) is 0.340. The van der Waals surface area contributed by atoms with E-state index in [2.05, 4.69) is 34.1 Å². The van der Waals surface area contributed by atoms with Gasteiger partial charge in [-0.15, -0.1) is 0 Å². The van der Waals surface area contributed by atoms with Crippen LogP contribution in [0.4, 0.5) is 0 Å². The highest BCUT2D eigenvalue weighted by atomic mass is 16.3. The van der Waals surface area contributed by atoms with E-state index in [1.807, 2.05) is 12.1 Å². The van der Waals surface area contributed by atoms with Gasteiger partial charge in [-0.05, 0) is 149 Å². The first-order valence-corrected chi connectivity index (χ1v) is 17.7. The number of likely N-dealkylation sites (tertiary alicyclic amines) is 2. The number of piperidine rings is 2. The van der Waals surface area contributed by atoms with Crippen LogP contribution < -0.4 is 0 Å². The molecule has 2 saturated carbocycles. The van der Waals surface area contributed by atoms with E-state index in [1.165, 1.54) is 151 Å². The maximum atomic E-state index is 10.3. The summed E-state index contributed by atoms with van der Waals surface area (Å²) in [7, 11) is 0. The van der Waals surface area contributed by atoms with Crippen molar-refractivity contribution < 1.29 is 10.2 Å². The lowest BCUT2D eigenvalue weighted by molar-refractivity contribution is -0.0137. The molecule has 2 saturated heterocycles. The molecular weight excluding hydrogens is 516 g/mol. The lowest BCUT2D eigenvalue weighted by Gasteiger charge is -2.59. The van der Waals surface area contributed by atoms with Gasteiger partial charge < -0.3 is 10.2 Å². The van der Waals surface area contributed by atoms with Crippen LogP contribution in [-0.2, 0) is 23.7 Å². The molecule has 0 unspecified atom stereocenters. The van der Waals surface area contributed by atoms with Gasteiger partial charge in [0.05, 0.1) is 0 Å². The normalized spacial score (nSPS) is 35.5. The first kappa shape index (κ1) is 27.5. The Morgan fingerprint density at radius 1 is 0.595 bits per heavy atom.